The fourth-order valence-corrected chi connectivity index (χ4v) is 2.39. The molecule has 0 unspecified atom stereocenters. The number of urea groups is 1. The van der Waals surface area contributed by atoms with Crippen LogP contribution in [0.4, 0.5) is 4.79 Å². The molecule has 0 aliphatic heterocycles. The lowest BCUT2D eigenvalue weighted by Crippen LogP contribution is -2.36. The Morgan fingerprint density at radius 3 is 2.89 bits per heavy atom. The van der Waals surface area contributed by atoms with Gasteiger partial charge in [-0.15, -0.1) is 10.2 Å². The average molecular weight is 373 g/mol. The summed E-state index contributed by atoms with van der Waals surface area (Å²) in [6.45, 7) is 4.11. The van der Waals surface area contributed by atoms with E-state index in [1.54, 1.807) is 36.6 Å². The number of carbonyl (C=O) groups is 2. The van der Waals surface area contributed by atoms with Crippen LogP contribution in [0.2, 0.25) is 0 Å². The summed E-state index contributed by atoms with van der Waals surface area (Å²) in [5.74, 6) is 1.04. The van der Waals surface area contributed by atoms with Crippen molar-refractivity contribution < 1.29 is 18.8 Å². The number of rotatable bonds is 7. The molecular weight excluding hydrogens is 354 g/mol. The average Bonchev–Trinajstić information content (AvgIpc) is 3.26. The molecule has 11 nitrogen and oxygen atoms in total. The van der Waals surface area contributed by atoms with Crippen molar-refractivity contribution in [2.24, 2.45) is 0 Å². The molecule has 0 saturated heterocycles. The van der Waals surface area contributed by atoms with E-state index in [0.717, 1.165) is 0 Å². The molecule has 3 rings (SSSR count). The molecule has 11 heteroatoms. The zero-order chi connectivity index (χ0) is 19.2. The maximum absolute atomic E-state index is 11.8. The van der Waals surface area contributed by atoms with Gasteiger partial charge in [0.25, 0.3) is 5.89 Å². The number of pyridine rings is 1. The Hall–Kier alpha value is -3.50. The summed E-state index contributed by atoms with van der Waals surface area (Å²) in [4.78, 5) is 27.3. The summed E-state index contributed by atoms with van der Waals surface area (Å²) in [7, 11) is 0. The van der Waals surface area contributed by atoms with Gasteiger partial charge in [0.1, 0.15) is 0 Å². The van der Waals surface area contributed by atoms with E-state index in [9.17, 15) is 9.59 Å². The number of hydrogen-bond acceptors (Lipinski definition) is 8. The van der Waals surface area contributed by atoms with Gasteiger partial charge in [-0.25, -0.2) is 4.79 Å². The van der Waals surface area contributed by atoms with Gasteiger partial charge < -0.3 is 19.9 Å². The largest absolute Gasteiger partial charge is 0.466 e. The van der Waals surface area contributed by atoms with Crippen molar-refractivity contribution in [3.63, 3.8) is 0 Å². The molecular formula is C16H19N7O4. The number of aromatic nitrogens is 5. The van der Waals surface area contributed by atoms with Gasteiger partial charge in [-0.05, 0) is 26.0 Å². The fraction of sp³-hybridized carbons (Fsp3) is 0.375. The summed E-state index contributed by atoms with van der Waals surface area (Å²) in [5, 5.41) is 17.3. The second kappa shape index (κ2) is 8.25. The lowest BCUT2D eigenvalue weighted by Gasteiger charge is -2.07. The van der Waals surface area contributed by atoms with Crippen LogP contribution in [-0.4, -0.2) is 49.9 Å². The van der Waals surface area contributed by atoms with E-state index >= 15 is 0 Å². The molecule has 0 saturated carbocycles. The molecule has 2 amide bonds. The topological polar surface area (TPSA) is 137 Å². The molecule has 2 N–H and O–H groups in total. The van der Waals surface area contributed by atoms with Gasteiger partial charge in [-0.1, -0.05) is 5.16 Å². The van der Waals surface area contributed by atoms with Crippen LogP contribution in [-0.2, 0) is 16.1 Å². The Bertz CT molecular complexity index is 949. The van der Waals surface area contributed by atoms with Gasteiger partial charge in [-0.2, -0.15) is 4.98 Å². The third-order valence-electron chi connectivity index (χ3n) is 3.59. The maximum atomic E-state index is 11.8. The Morgan fingerprint density at radius 1 is 1.30 bits per heavy atom. The van der Waals surface area contributed by atoms with Crippen LogP contribution < -0.4 is 10.6 Å². The maximum Gasteiger partial charge on any atom is 0.315 e. The van der Waals surface area contributed by atoms with E-state index in [1.807, 2.05) is 0 Å². The Kier molecular flexibility index (Phi) is 5.59. The predicted molar refractivity (Wildman–Crippen MR) is 92.5 cm³/mol. The monoisotopic (exact) mass is 373 g/mol. The Morgan fingerprint density at radius 2 is 2.15 bits per heavy atom. The van der Waals surface area contributed by atoms with Gasteiger partial charge in [-0.3, -0.25) is 9.20 Å². The summed E-state index contributed by atoms with van der Waals surface area (Å²) >= 11 is 0. The molecule has 0 bridgehead atoms. The minimum atomic E-state index is -0.417. The zero-order valence-electron chi connectivity index (χ0n) is 14.9. The predicted octanol–water partition coefficient (Wildman–Crippen LogP) is 0.840. The second-order valence-electron chi connectivity index (χ2n) is 5.54. The highest BCUT2D eigenvalue weighted by Gasteiger charge is 2.15. The van der Waals surface area contributed by atoms with Crippen LogP contribution in [0, 0.1) is 6.92 Å². The van der Waals surface area contributed by atoms with Gasteiger partial charge in [0.15, 0.2) is 17.3 Å². The van der Waals surface area contributed by atoms with E-state index in [1.165, 1.54) is 0 Å². The third-order valence-corrected chi connectivity index (χ3v) is 3.59. The third kappa shape index (κ3) is 4.37. The number of nitrogens with zero attached hydrogens (tertiary/aromatic N) is 5. The highest BCUT2D eigenvalue weighted by Crippen LogP contribution is 2.21. The Balaban J connectivity index is 1.61. The lowest BCUT2D eigenvalue weighted by molar-refractivity contribution is -0.142. The van der Waals surface area contributed by atoms with Crippen molar-refractivity contribution in [2.75, 3.05) is 13.2 Å². The molecule has 3 heterocycles. The second-order valence-corrected chi connectivity index (χ2v) is 5.54. The first kappa shape index (κ1) is 18.3. The van der Waals surface area contributed by atoms with Crippen LogP contribution in [0.5, 0.6) is 0 Å². The van der Waals surface area contributed by atoms with Crippen molar-refractivity contribution in [3.05, 3.63) is 30.0 Å². The summed E-state index contributed by atoms with van der Waals surface area (Å²) in [6, 6.07) is 3.18. The molecule has 0 aliphatic carbocycles. The van der Waals surface area contributed by atoms with Crippen LogP contribution in [0.15, 0.2) is 22.9 Å². The summed E-state index contributed by atoms with van der Waals surface area (Å²) in [5.41, 5.74) is 1.19. The van der Waals surface area contributed by atoms with Crippen molar-refractivity contribution in [2.45, 2.75) is 26.8 Å². The van der Waals surface area contributed by atoms with Gasteiger partial charge in [0, 0.05) is 12.7 Å². The first-order valence-corrected chi connectivity index (χ1v) is 8.39. The van der Waals surface area contributed by atoms with E-state index in [0.29, 0.717) is 35.4 Å². The zero-order valence-corrected chi connectivity index (χ0v) is 14.9. The first-order chi connectivity index (χ1) is 13.1. The van der Waals surface area contributed by atoms with Gasteiger partial charge in [0.2, 0.25) is 0 Å². The molecule has 3 aromatic rings. The summed E-state index contributed by atoms with van der Waals surface area (Å²) < 4.78 is 11.7. The van der Waals surface area contributed by atoms with Crippen LogP contribution in [0.1, 0.15) is 25.0 Å². The number of fused-ring (bicyclic) bond motifs is 1. The first-order valence-electron chi connectivity index (χ1n) is 8.39. The van der Waals surface area contributed by atoms with Crippen molar-refractivity contribution in [3.8, 4) is 11.5 Å². The highest BCUT2D eigenvalue weighted by atomic mass is 16.5. The van der Waals surface area contributed by atoms with Crippen LogP contribution >= 0.6 is 0 Å². The molecule has 0 aliphatic rings. The normalized spacial score (nSPS) is 10.7. The van der Waals surface area contributed by atoms with Crippen molar-refractivity contribution in [1.82, 2.24) is 35.4 Å². The minimum absolute atomic E-state index is 0.113. The number of aryl methyl sites for hydroxylation is 1. The molecule has 27 heavy (non-hydrogen) atoms. The van der Waals surface area contributed by atoms with E-state index < -0.39 is 6.03 Å². The number of hydrogen-bond donors (Lipinski definition) is 2. The molecule has 0 atom stereocenters. The van der Waals surface area contributed by atoms with E-state index in [4.69, 9.17) is 9.26 Å². The highest BCUT2D eigenvalue weighted by molar-refractivity contribution is 5.75. The number of amides is 2. The molecule has 142 valence electrons. The van der Waals surface area contributed by atoms with Crippen LogP contribution in [0.25, 0.3) is 17.1 Å². The SMILES string of the molecule is CCOC(=O)CCNC(=O)NCc1nnc2c(-c3nc(C)no3)cccn12. The smallest absolute Gasteiger partial charge is 0.315 e. The Labute approximate surface area is 154 Å². The van der Waals surface area contributed by atoms with E-state index in [2.05, 4.69) is 31.0 Å². The number of esters is 1. The molecule has 0 spiro atoms. The number of ether oxygens (including phenoxy) is 1. The standard InChI is InChI=1S/C16H19N7O4/c1-3-26-13(24)6-7-17-16(25)18-9-12-20-21-14-11(5-4-8-23(12)14)15-19-10(2)22-27-15/h4-5,8H,3,6-7,9H2,1-2H3,(H2,17,18,25). The fourth-order valence-electron chi connectivity index (χ4n) is 2.39. The summed E-state index contributed by atoms with van der Waals surface area (Å²) in [6.07, 6.45) is 1.89. The van der Waals surface area contributed by atoms with E-state index in [-0.39, 0.29) is 25.5 Å². The number of nitrogens with one attached hydrogen (secondary N) is 2. The molecule has 0 radical (unpaired) electrons. The molecule has 0 aromatic carbocycles. The minimum Gasteiger partial charge on any atom is -0.466 e. The van der Waals surface area contributed by atoms with Crippen molar-refractivity contribution >= 4 is 17.6 Å². The van der Waals surface area contributed by atoms with Crippen LogP contribution in [0.3, 0.4) is 0 Å². The molecule has 3 aromatic heterocycles. The van der Waals surface area contributed by atoms with Gasteiger partial charge >= 0.3 is 12.0 Å². The van der Waals surface area contributed by atoms with Gasteiger partial charge in [0.05, 0.1) is 25.1 Å². The molecule has 0 fully saturated rings. The van der Waals surface area contributed by atoms with Crippen molar-refractivity contribution in [1.29, 1.82) is 0 Å². The quantitative estimate of drug-likeness (QED) is 0.581. The lowest BCUT2D eigenvalue weighted by atomic mass is 10.2. The number of carbonyl (C=O) groups excluding carboxylic acids is 2.